The van der Waals surface area contributed by atoms with Crippen LogP contribution >= 0.6 is 0 Å². The molecule has 1 aliphatic heterocycles. The van der Waals surface area contributed by atoms with E-state index in [9.17, 15) is 4.79 Å². The number of para-hydroxylation sites is 1. The maximum atomic E-state index is 13.4. The normalized spacial score (nSPS) is 15.4. The molecule has 10 heteroatoms. The van der Waals surface area contributed by atoms with E-state index in [0.29, 0.717) is 24.5 Å². The van der Waals surface area contributed by atoms with Gasteiger partial charge in [0, 0.05) is 55.4 Å². The van der Waals surface area contributed by atoms with Gasteiger partial charge < -0.3 is 19.4 Å². The molecule has 1 aliphatic rings. The standard InChI is InChI=1S/C25H29N7O3/c1-34-15-14-32-24(27-28-29-32)23(31-12-10-30(11-13-31)19-6-4-3-5-7-19)21-17-18-16-20(35-2)8-9-22(18)26-25(21)33/h3-9,16-17,23H,10-15H2,1-2H3,(H,26,33)/t23-/m1/s1. The van der Waals surface area contributed by atoms with Gasteiger partial charge in [-0.3, -0.25) is 9.69 Å². The minimum absolute atomic E-state index is 0.153. The van der Waals surface area contributed by atoms with Gasteiger partial charge in [0.05, 0.1) is 20.3 Å². The van der Waals surface area contributed by atoms with E-state index in [4.69, 9.17) is 9.47 Å². The van der Waals surface area contributed by atoms with Crippen molar-refractivity contribution < 1.29 is 9.47 Å². The van der Waals surface area contributed by atoms with Crippen molar-refractivity contribution in [2.45, 2.75) is 12.6 Å². The maximum Gasteiger partial charge on any atom is 0.253 e. The molecule has 0 bridgehead atoms. The molecule has 5 rings (SSSR count). The summed E-state index contributed by atoms with van der Waals surface area (Å²) in [6, 6.07) is 17.5. The molecule has 10 nitrogen and oxygen atoms in total. The van der Waals surface area contributed by atoms with E-state index in [2.05, 4.69) is 54.6 Å². The first-order valence-corrected chi connectivity index (χ1v) is 11.7. The molecule has 0 spiro atoms. The fourth-order valence-corrected chi connectivity index (χ4v) is 4.65. The monoisotopic (exact) mass is 475 g/mol. The Bertz CT molecular complexity index is 1330. The molecule has 0 radical (unpaired) electrons. The second-order valence-corrected chi connectivity index (χ2v) is 8.52. The Hall–Kier alpha value is -3.76. The Morgan fingerprint density at radius 3 is 2.57 bits per heavy atom. The second-order valence-electron chi connectivity index (χ2n) is 8.52. The highest BCUT2D eigenvalue weighted by Gasteiger charge is 2.32. The highest BCUT2D eigenvalue weighted by molar-refractivity contribution is 5.80. The van der Waals surface area contributed by atoms with Crippen LogP contribution in [0.5, 0.6) is 5.75 Å². The number of rotatable bonds is 8. The lowest BCUT2D eigenvalue weighted by atomic mass is 10.0. The van der Waals surface area contributed by atoms with E-state index < -0.39 is 6.04 Å². The average molecular weight is 476 g/mol. The predicted octanol–water partition coefficient (Wildman–Crippen LogP) is 2.08. The number of hydrogen-bond donors (Lipinski definition) is 1. The van der Waals surface area contributed by atoms with Gasteiger partial charge in [0.2, 0.25) is 0 Å². The number of ether oxygens (including phenoxy) is 2. The molecule has 0 saturated carbocycles. The summed E-state index contributed by atoms with van der Waals surface area (Å²) in [7, 11) is 3.28. The van der Waals surface area contributed by atoms with Gasteiger partial charge in [0.1, 0.15) is 11.8 Å². The predicted molar refractivity (Wildman–Crippen MR) is 133 cm³/mol. The fourth-order valence-electron chi connectivity index (χ4n) is 4.65. The van der Waals surface area contributed by atoms with E-state index in [0.717, 1.165) is 42.8 Å². The number of hydrogen-bond acceptors (Lipinski definition) is 8. The molecule has 1 saturated heterocycles. The van der Waals surface area contributed by atoms with Crippen LogP contribution in [0.2, 0.25) is 0 Å². The third-order valence-corrected chi connectivity index (χ3v) is 6.49. The fraction of sp³-hybridized carbons (Fsp3) is 0.360. The lowest BCUT2D eigenvalue weighted by molar-refractivity contribution is 0.171. The molecular formula is C25H29N7O3. The average Bonchev–Trinajstić information content (AvgIpc) is 3.36. The summed E-state index contributed by atoms with van der Waals surface area (Å²) in [5.41, 5.74) is 2.40. The molecular weight excluding hydrogens is 446 g/mol. The number of H-pyrrole nitrogens is 1. The van der Waals surface area contributed by atoms with Crippen LogP contribution in [0.1, 0.15) is 17.4 Å². The Morgan fingerprint density at radius 1 is 1.03 bits per heavy atom. The summed E-state index contributed by atoms with van der Waals surface area (Å²) < 4.78 is 12.4. The van der Waals surface area contributed by atoms with Crippen molar-refractivity contribution in [3.63, 3.8) is 0 Å². The topological polar surface area (TPSA) is 101 Å². The maximum absolute atomic E-state index is 13.4. The number of methoxy groups -OCH3 is 2. The van der Waals surface area contributed by atoms with Crippen molar-refractivity contribution in [3.8, 4) is 5.75 Å². The third kappa shape index (κ3) is 4.75. The van der Waals surface area contributed by atoms with Crippen molar-refractivity contribution in [1.29, 1.82) is 0 Å². The van der Waals surface area contributed by atoms with Crippen LogP contribution in [0, 0.1) is 0 Å². The molecule has 182 valence electrons. The largest absolute Gasteiger partial charge is 0.497 e. The van der Waals surface area contributed by atoms with Gasteiger partial charge in [-0.2, -0.15) is 0 Å². The Balaban J connectivity index is 1.53. The van der Waals surface area contributed by atoms with Crippen molar-refractivity contribution in [2.24, 2.45) is 0 Å². The molecule has 1 atom stereocenters. The molecule has 4 aromatic rings. The molecule has 35 heavy (non-hydrogen) atoms. The van der Waals surface area contributed by atoms with E-state index in [-0.39, 0.29) is 5.56 Å². The van der Waals surface area contributed by atoms with Gasteiger partial charge in [0.25, 0.3) is 5.56 Å². The molecule has 2 aromatic carbocycles. The number of aromatic nitrogens is 5. The van der Waals surface area contributed by atoms with Gasteiger partial charge in [-0.05, 0) is 46.8 Å². The number of benzene rings is 2. The van der Waals surface area contributed by atoms with Gasteiger partial charge in [-0.25, -0.2) is 4.68 Å². The van der Waals surface area contributed by atoms with Crippen LogP contribution in [-0.4, -0.2) is 77.1 Å². The summed E-state index contributed by atoms with van der Waals surface area (Å²) in [5, 5.41) is 13.4. The first-order chi connectivity index (χ1) is 17.2. The Kier molecular flexibility index (Phi) is 6.73. The zero-order valence-corrected chi connectivity index (χ0v) is 19.9. The molecule has 3 heterocycles. The minimum atomic E-state index is -0.404. The highest BCUT2D eigenvalue weighted by atomic mass is 16.5. The molecule has 0 amide bonds. The number of pyridine rings is 1. The zero-order chi connectivity index (χ0) is 24.2. The molecule has 0 unspecified atom stereocenters. The van der Waals surface area contributed by atoms with Crippen molar-refractivity contribution in [1.82, 2.24) is 30.1 Å². The van der Waals surface area contributed by atoms with Crippen LogP contribution < -0.4 is 15.2 Å². The SMILES string of the molecule is COCCn1nnnc1[C@@H](c1cc2cc(OC)ccc2[nH]c1=O)N1CCN(c2ccccc2)CC1. The van der Waals surface area contributed by atoms with E-state index in [1.807, 2.05) is 30.3 Å². The summed E-state index contributed by atoms with van der Waals surface area (Å²) >= 11 is 0. The summed E-state index contributed by atoms with van der Waals surface area (Å²) in [6.45, 7) is 4.15. The third-order valence-electron chi connectivity index (χ3n) is 6.49. The van der Waals surface area contributed by atoms with Gasteiger partial charge in [-0.15, -0.1) is 5.10 Å². The molecule has 2 aromatic heterocycles. The van der Waals surface area contributed by atoms with Crippen LogP contribution in [0.25, 0.3) is 10.9 Å². The molecule has 1 N–H and O–H groups in total. The van der Waals surface area contributed by atoms with Crippen LogP contribution in [0.3, 0.4) is 0 Å². The lowest BCUT2D eigenvalue weighted by Crippen LogP contribution is -2.49. The number of nitrogens with one attached hydrogen (secondary N) is 1. The first kappa shape index (κ1) is 23.0. The molecule has 1 fully saturated rings. The summed E-state index contributed by atoms with van der Waals surface area (Å²) in [6.07, 6.45) is 0. The van der Waals surface area contributed by atoms with Crippen LogP contribution in [-0.2, 0) is 11.3 Å². The smallest absolute Gasteiger partial charge is 0.253 e. The number of fused-ring (bicyclic) bond motifs is 1. The minimum Gasteiger partial charge on any atom is -0.497 e. The van der Waals surface area contributed by atoms with E-state index >= 15 is 0 Å². The van der Waals surface area contributed by atoms with Crippen LogP contribution in [0.15, 0.2) is 59.4 Å². The number of tetrazole rings is 1. The van der Waals surface area contributed by atoms with Crippen molar-refractivity contribution in [3.05, 3.63) is 76.3 Å². The summed E-state index contributed by atoms with van der Waals surface area (Å²) in [4.78, 5) is 21.0. The van der Waals surface area contributed by atoms with Gasteiger partial charge in [-0.1, -0.05) is 18.2 Å². The first-order valence-electron chi connectivity index (χ1n) is 11.7. The Labute approximate surface area is 203 Å². The van der Waals surface area contributed by atoms with E-state index in [1.165, 1.54) is 5.69 Å². The number of piperazine rings is 1. The van der Waals surface area contributed by atoms with E-state index in [1.54, 1.807) is 18.9 Å². The van der Waals surface area contributed by atoms with Crippen LogP contribution in [0.4, 0.5) is 5.69 Å². The quantitative estimate of drug-likeness (QED) is 0.413. The zero-order valence-electron chi connectivity index (χ0n) is 19.9. The van der Waals surface area contributed by atoms with Gasteiger partial charge in [0.15, 0.2) is 5.82 Å². The van der Waals surface area contributed by atoms with Gasteiger partial charge >= 0.3 is 0 Å². The lowest BCUT2D eigenvalue weighted by Gasteiger charge is -2.39. The number of nitrogens with zero attached hydrogens (tertiary/aromatic N) is 6. The Morgan fingerprint density at radius 2 is 1.83 bits per heavy atom. The second kappa shape index (κ2) is 10.2. The number of anilines is 1. The van der Waals surface area contributed by atoms with Crippen molar-refractivity contribution in [2.75, 3.05) is 51.9 Å². The highest BCUT2D eigenvalue weighted by Crippen LogP contribution is 2.29. The molecule has 0 aliphatic carbocycles. The summed E-state index contributed by atoms with van der Waals surface area (Å²) in [5.74, 6) is 1.36. The number of aromatic amines is 1. The van der Waals surface area contributed by atoms with Crippen molar-refractivity contribution >= 4 is 16.6 Å².